The molecule has 0 spiro atoms. The van der Waals surface area contributed by atoms with E-state index in [-0.39, 0.29) is 6.04 Å². The first-order valence-electron chi connectivity index (χ1n) is 7.91. The summed E-state index contributed by atoms with van der Waals surface area (Å²) in [6.07, 6.45) is 3.04. The number of hydrogen-bond acceptors (Lipinski definition) is 3. The Kier molecular flexibility index (Phi) is 4.73. The zero-order valence-corrected chi connectivity index (χ0v) is 12.7. The second-order valence-corrected chi connectivity index (χ2v) is 5.82. The summed E-state index contributed by atoms with van der Waals surface area (Å²) >= 11 is 0. The van der Waals surface area contributed by atoms with Crippen molar-refractivity contribution in [2.75, 3.05) is 26.2 Å². The third-order valence-electron chi connectivity index (χ3n) is 4.39. The first-order chi connectivity index (χ1) is 10.4. The Hall–Kier alpha value is -1.58. The number of benzene rings is 1. The minimum absolute atomic E-state index is 0.150. The first-order valence-corrected chi connectivity index (χ1v) is 7.91. The fourth-order valence-electron chi connectivity index (χ4n) is 3.13. The Morgan fingerprint density at radius 1 is 1.24 bits per heavy atom. The lowest BCUT2D eigenvalue weighted by Gasteiger charge is -2.20. The van der Waals surface area contributed by atoms with Gasteiger partial charge in [0, 0.05) is 13.1 Å². The van der Waals surface area contributed by atoms with Crippen molar-refractivity contribution in [1.82, 2.24) is 10.2 Å². The molecule has 2 unspecified atom stereocenters. The number of nitrogens with one attached hydrogen (secondary N) is 1. The molecule has 2 aromatic rings. The number of hydrogen-bond donors (Lipinski definition) is 1. The second-order valence-electron chi connectivity index (χ2n) is 5.82. The SMILES string of the molecule is CCN1CCC(CNC(c2ccccc2)c2ccco2)C1. The largest absolute Gasteiger partial charge is 0.467 e. The molecule has 1 fully saturated rings. The predicted octanol–water partition coefficient (Wildman–Crippen LogP) is 3.30. The van der Waals surface area contributed by atoms with Gasteiger partial charge in [0.15, 0.2) is 0 Å². The molecule has 3 nitrogen and oxygen atoms in total. The topological polar surface area (TPSA) is 28.4 Å². The molecule has 2 heterocycles. The lowest BCUT2D eigenvalue weighted by atomic mass is 10.0. The van der Waals surface area contributed by atoms with Crippen LogP contribution in [-0.2, 0) is 0 Å². The highest BCUT2D eigenvalue weighted by Crippen LogP contribution is 2.23. The molecular weight excluding hydrogens is 260 g/mol. The van der Waals surface area contributed by atoms with Crippen LogP contribution in [0.15, 0.2) is 53.1 Å². The van der Waals surface area contributed by atoms with Crippen molar-refractivity contribution < 1.29 is 4.42 Å². The highest BCUT2D eigenvalue weighted by Gasteiger charge is 2.23. The van der Waals surface area contributed by atoms with Crippen LogP contribution >= 0.6 is 0 Å². The molecular formula is C18H24N2O. The maximum Gasteiger partial charge on any atom is 0.125 e. The van der Waals surface area contributed by atoms with Crippen molar-refractivity contribution >= 4 is 0 Å². The van der Waals surface area contributed by atoms with Gasteiger partial charge in [-0.1, -0.05) is 37.3 Å². The summed E-state index contributed by atoms with van der Waals surface area (Å²) in [5.74, 6) is 1.73. The van der Waals surface area contributed by atoms with Gasteiger partial charge in [0.05, 0.1) is 12.3 Å². The summed E-state index contributed by atoms with van der Waals surface area (Å²) in [5.41, 5.74) is 1.26. The van der Waals surface area contributed by atoms with Crippen LogP contribution in [0.4, 0.5) is 0 Å². The third-order valence-corrected chi connectivity index (χ3v) is 4.39. The Bertz CT molecular complexity index is 523. The van der Waals surface area contributed by atoms with E-state index in [1.165, 1.54) is 25.1 Å². The molecule has 2 atom stereocenters. The lowest BCUT2D eigenvalue weighted by Crippen LogP contribution is -2.30. The van der Waals surface area contributed by atoms with Gasteiger partial charge < -0.3 is 14.6 Å². The maximum absolute atomic E-state index is 5.63. The zero-order valence-electron chi connectivity index (χ0n) is 12.7. The van der Waals surface area contributed by atoms with Gasteiger partial charge in [0.2, 0.25) is 0 Å². The molecule has 3 rings (SSSR count). The number of likely N-dealkylation sites (tertiary alicyclic amines) is 1. The zero-order chi connectivity index (χ0) is 14.5. The molecule has 1 aliphatic rings. The minimum Gasteiger partial charge on any atom is -0.467 e. The molecule has 0 radical (unpaired) electrons. The van der Waals surface area contributed by atoms with E-state index in [1.54, 1.807) is 6.26 Å². The summed E-state index contributed by atoms with van der Waals surface area (Å²) in [6, 6.07) is 14.7. The van der Waals surface area contributed by atoms with Crippen molar-refractivity contribution in [3.8, 4) is 0 Å². The quantitative estimate of drug-likeness (QED) is 0.882. The number of rotatable bonds is 6. The van der Waals surface area contributed by atoms with Gasteiger partial charge in [-0.25, -0.2) is 0 Å². The molecule has 1 aliphatic heterocycles. The third kappa shape index (κ3) is 3.55. The summed E-state index contributed by atoms with van der Waals surface area (Å²) in [4.78, 5) is 2.52. The van der Waals surface area contributed by atoms with E-state index in [4.69, 9.17) is 4.42 Å². The predicted molar refractivity (Wildman–Crippen MR) is 85.2 cm³/mol. The van der Waals surface area contributed by atoms with Gasteiger partial charge in [-0.3, -0.25) is 0 Å². The summed E-state index contributed by atoms with van der Waals surface area (Å²) in [7, 11) is 0. The molecule has 0 aliphatic carbocycles. The van der Waals surface area contributed by atoms with Crippen molar-refractivity contribution in [2.45, 2.75) is 19.4 Å². The lowest BCUT2D eigenvalue weighted by molar-refractivity contribution is 0.334. The molecule has 1 saturated heterocycles. The highest BCUT2D eigenvalue weighted by molar-refractivity contribution is 5.26. The van der Waals surface area contributed by atoms with Crippen LogP contribution < -0.4 is 5.32 Å². The van der Waals surface area contributed by atoms with E-state index in [2.05, 4.69) is 53.5 Å². The molecule has 0 amide bonds. The number of furan rings is 1. The van der Waals surface area contributed by atoms with E-state index in [1.807, 2.05) is 6.07 Å². The molecule has 3 heteroatoms. The standard InChI is InChI=1S/C18H24N2O/c1-2-20-11-10-15(14-20)13-19-18(17-9-6-12-21-17)16-7-4-3-5-8-16/h3-9,12,15,18-19H,2,10-11,13-14H2,1H3. The summed E-state index contributed by atoms with van der Waals surface area (Å²) in [5, 5.41) is 3.70. The van der Waals surface area contributed by atoms with Crippen LogP contribution in [0.2, 0.25) is 0 Å². The van der Waals surface area contributed by atoms with Crippen LogP contribution in [-0.4, -0.2) is 31.1 Å². The fourth-order valence-corrected chi connectivity index (χ4v) is 3.13. The van der Waals surface area contributed by atoms with E-state index >= 15 is 0 Å². The van der Waals surface area contributed by atoms with E-state index in [0.717, 1.165) is 24.8 Å². The molecule has 1 aromatic heterocycles. The Labute approximate surface area is 127 Å². The van der Waals surface area contributed by atoms with Gasteiger partial charge in [0.25, 0.3) is 0 Å². The maximum atomic E-state index is 5.63. The minimum atomic E-state index is 0.150. The van der Waals surface area contributed by atoms with Crippen molar-refractivity contribution in [3.05, 3.63) is 60.1 Å². The normalized spacial score (nSPS) is 20.7. The number of nitrogens with zero attached hydrogens (tertiary/aromatic N) is 1. The second kappa shape index (κ2) is 6.92. The molecule has 1 aromatic carbocycles. The fraction of sp³-hybridized carbons (Fsp3) is 0.444. The van der Waals surface area contributed by atoms with Crippen molar-refractivity contribution in [2.24, 2.45) is 5.92 Å². The van der Waals surface area contributed by atoms with Gasteiger partial charge in [0.1, 0.15) is 5.76 Å². The van der Waals surface area contributed by atoms with Gasteiger partial charge in [-0.2, -0.15) is 0 Å². The van der Waals surface area contributed by atoms with Crippen LogP contribution in [0.25, 0.3) is 0 Å². The Morgan fingerprint density at radius 3 is 2.76 bits per heavy atom. The van der Waals surface area contributed by atoms with Crippen molar-refractivity contribution in [3.63, 3.8) is 0 Å². The molecule has 0 bridgehead atoms. The van der Waals surface area contributed by atoms with Gasteiger partial charge >= 0.3 is 0 Å². The van der Waals surface area contributed by atoms with Crippen LogP contribution in [0.5, 0.6) is 0 Å². The summed E-state index contributed by atoms with van der Waals surface area (Å²) < 4.78 is 5.63. The van der Waals surface area contributed by atoms with E-state index < -0.39 is 0 Å². The average Bonchev–Trinajstić information content (AvgIpc) is 3.20. The van der Waals surface area contributed by atoms with E-state index in [9.17, 15) is 0 Å². The van der Waals surface area contributed by atoms with Crippen LogP contribution in [0.1, 0.15) is 30.7 Å². The summed E-state index contributed by atoms with van der Waals surface area (Å²) in [6.45, 7) is 6.89. The molecule has 112 valence electrons. The van der Waals surface area contributed by atoms with Crippen LogP contribution in [0, 0.1) is 5.92 Å². The highest BCUT2D eigenvalue weighted by atomic mass is 16.3. The molecule has 21 heavy (non-hydrogen) atoms. The Balaban J connectivity index is 1.66. The molecule has 0 saturated carbocycles. The first kappa shape index (κ1) is 14.4. The van der Waals surface area contributed by atoms with Crippen LogP contribution in [0.3, 0.4) is 0 Å². The average molecular weight is 284 g/mol. The molecule has 1 N–H and O–H groups in total. The van der Waals surface area contributed by atoms with Crippen molar-refractivity contribution in [1.29, 1.82) is 0 Å². The Morgan fingerprint density at radius 2 is 2.10 bits per heavy atom. The monoisotopic (exact) mass is 284 g/mol. The smallest absolute Gasteiger partial charge is 0.125 e. The van der Waals surface area contributed by atoms with E-state index in [0.29, 0.717) is 0 Å². The van der Waals surface area contributed by atoms with Gasteiger partial charge in [-0.05, 0) is 43.1 Å². The van der Waals surface area contributed by atoms with Gasteiger partial charge in [-0.15, -0.1) is 0 Å².